The van der Waals surface area contributed by atoms with Crippen LogP contribution >= 0.6 is 0 Å². The molecule has 1 aliphatic heterocycles. The molecule has 1 aromatic heterocycles. The summed E-state index contributed by atoms with van der Waals surface area (Å²) in [7, 11) is -3.56. The topological polar surface area (TPSA) is 78.1 Å². The van der Waals surface area contributed by atoms with Crippen LogP contribution in [0.4, 0.5) is 11.4 Å². The highest BCUT2D eigenvalue weighted by Crippen LogP contribution is 2.33. The molecule has 0 spiro atoms. The molecule has 2 N–H and O–H groups in total. The Kier molecular flexibility index (Phi) is 2.70. The molecule has 19 heavy (non-hydrogen) atoms. The zero-order chi connectivity index (χ0) is 13.5. The number of fused-ring (bicyclic) bond motifs is 1. The molecular formula is C12H14N4O2S. The van der Waals surface area contributed by atoms with E-state index in [1.54, 1.807) is 13.0 Å². The largest absolute Gasteiger partial charge is 0.382 e. The van der Waals surface area contributed by atoms with Crippen LogP contribution in [0.5, 0.6) is 0 Å². The van der Waals surface area contributed by atoms with E-state index in [-0.39, 0.29) is 4.90 Å². The summed E-state index contributed by atoms with van der Waals surface area (Å²) in [6, 6.07) is 7.38. The quantitative estimate of drug-likeness (QED) is 0.869. The number of aromatic nitrogens is 2. The molecule has 0 bridgehead atoms. The van der Waals surface area contributed by atoms with Crippen molar-refractivity contribution < 1.29 is 8.42 Å². The van der Waals surface area contributed by atoms with Gasteiger partial charge in [-0.25, -0.2) is 8.42 Å². The monoisotopic (exact) mass is 278 g/mol. The van der Waals surface area contributed by atoms with Crippen molar-refractivity contribution in [1.82, 2.24) is 10.2 Å². The van der Waals surface area contributed by atoms with Crippen molar-refractivity contribution in [3.63, 3.8) is 0 Å². The SMILES string of the molecule is Cc1[nH]ncc1S(=O)(=O)N1CCNc2ccccc21. The summed E-state index contributed by atoms with van der Waals surface area (Å²) in [4.78, 5) is 0.226. The predicted molar refractivity (Wildman–Crippen MR) is 72.8 cm³/mol. The molecule has 1 aromatic carbocycles. The molecule has 2 aromatic rings. The lowest BCUT2D eigenvalue weighted by molar-refractivity contribution is 0.590. The summed E-state index contributed by atoms with van der Waals surface area (Å²) in [5.74, 6) is 0. The van der Waals surface area contributed by atoms with Gasteiger partial charge in [0.2, 0.25) is 0 Å². The molecular weight excluding hydrogens is 264 g/mol. The Labute approximate surface area is 111 Å². The number of aromatic amines is 1. The summed E-state index contributed by atoms with van der Waals surface area (Å²) in [5, 5.41) is 9.65. The molecule has 2 heterocycles. The fourth-order valence-electron chi connectivity index (χ4n) is 2.22. The Bertz CT molecular complexity index is 708. The van der Waals surface area contributed by atoms with Crippen LogP contribution in [0.25, 0.3) is 0 Å². The van der Waals surface area contributed by atoms with Gasteiger partial charge in [0.05, 0.1) is 29.8 Å². The lowest BCUT2D eigenvalue weighted by atomic mass is 10.2. The molecule has 3 rings (SSSR count). The summed E-state index contributed by atoms with van der Waals surface area (Å²) in [6.45, 7) is 2.70. The lowest BCUT2D eigenvalue weighted by Crippen LogP contribution is -2.38. The van der Waals surface area contributed by atoms with E-state index in [1.165, 1.54) is 10.5 Å². The van der Waals surface area contributed by atoms with Gasteiger partial charge in [-0.2, -0.15) is 5.10 Å². The number of benzene rings is 1. The Hall–Kier alpha value is -2.02. The summed E-state index contributed by atoms with van der Waals surface area (Å²) in [6.07, 6.45) is 1.36. The van der Waals surface area contributed by atoms with Gasteiger partial charge in [0, 0.05) is 6.54 Å². The van der Waals surface area contributed by atoms with Crippen molar-refractivity contribution >= 4 is 21.4 Å². The zero-order valence-electron chi connectivity index (χ0n) is 10.4. The molecule has 0 atom stereocenters. The van der Waals surface area contributed by atoms with E-state index >= 15 is 0 Å². The normalized spacial score (nSPS) is 14.9. The number of hydrogen-bond donors (Lipinski definition) is 2. The molecule has 0 fully saturated rings. The van der Waals surface area contributed by atoms with Gasteiger partial charge in [-0.3, -0.25) is 9.40 Å². The van der Waals surface area contributed by atoms with Gasteiger partial charge in [-0.15, -0.1) is 0 Å². The van der Waals surface area contributed by atoms with Gasteiger partial charge in [-0.1, -0.05) is 12.1 Å². The zero-order valence-corrected chi connectivity index (χ0v) is 11.2. The molecule has 0 radical (unpaired) electrons. The van der Waals surface area contributed by atoms with Crippen molar-refractivity contribution in [3.05, 3.63) is 36.2 Å². The molecule has 0 unspecified atom stereocenters. The fourth-order valence-corrected chi connectivity index (χ4v) is 3.83. The number of H-pyrrole nitrogens is 1. The predicted octanol–water partition coefficient (Wildman–Crippen LogP) is 1.34. The molecule has 100 valence electrons. The third kappa shape index (κ3) is 1.86. The molecule has 7 heteroatoms. The highest BCUT2D eigenvalue weighted by Gasteiger charge is 2.30. The van der Waals surface area contributed by atoms with Crippen molar-refractivity contribution in [2.24, 2.45) is 0 Å². The number of rotatable bonds is 2. The van der Waals surface area contributed by atoms with Crippen LogP contribution < -0.4 is 9.62 Å². The highest BCUT2D eigenvalue weighted by atomic mass is 32.2. The molecule has 0 amide bonds. The van der Waals surface area contributed by atoms with Crippen LogP contribution in [-0.2, 0) is 10.0 Å². The van der Waals surface area contributed by atoms with E-state index in [0.717, 1.165) is 5.69 Å². The Balaban J connectivity index is 2.12. The van der Waals surface area contributed by atoms with Crippen LogP contribution in [0.15, 0.2) is 35.4 Å². The minimum absolute atomic E-state index is 0.226. The average molecular weight is 278 g/mol. The third-order valence-electron chi connectivity index (χ3n) is 3.15. The van der Waals surface area contributed by atoms with Crippen molar-refractivity contribution in [3.8, 4) is 0 Å². The average Bonchev–Trinajstić information content (AvgIpc) is 2.85. The molecule has 1 aliphatic rings. The van der Waals surface area contributed by atoms with E-state index in [0.29, 0.717) is 24.5 Å². The summed E-state index contributed by atoms with van der Waals surface area (Å²) in [5.41, 5.74) is 2.06. The Morgan fingerprint density at radius 1 is 1.32 bits per heavy atom. The summed E-state index contributed by atoms with van der Waals surface area (Å²) < 4.78 is 26.8. The van der Waals surface area contributed by atoms with Gasteiger partial charge in [0.25, 0.3) is 10.0 Å². The standard InChI is InChI=1S/C12H14N4O2S/c1-9-12(8-14-15-9)19(17,18)16-7-6-13-10-4-2-3-5-11(10)16/h2-5,8,13H,6-7H2,1H3,(H,14,15). The molecule has 6 nitrogen and oxygen atoms in total. The van der Waals surface area contributed by atoms with Crippen LogP contribution in [0.1, 0.15) is 5.69 Å². The maximum atomic E-state index is 12.7. The number of aryl methyl sites for hydroxylation is 1. The molecule has 0 aliphatic carbocycles. The smallest absolute Gasteiger partial charge is 0.267 e. The van der Waals surface area contributed by atoms with Crippen LogP contribution in [0.2, 0.25) is 0 Å². The molecule has 0 saturated carbocycles. The minimum Gasteiger partial charge on any atom is -0.382 e. The second kappa shape index (κ2) is 4.27. The number of nitrogens with zero attached hydrogens (tertiary/aromatic N) is 2. The van der Waals surface area contributed by atoms with Gasteiger partial charge < -0.3 is 5.32 Å². The van der Waals surface area contributed by atoms with Gasteiger partial charge in [-0.05, 0) is 19.1 Å². The van der Waals surface area contributed by atoms with Gasteiger partial charge in [0.1, 0.15) is 4.90 Å². The first-order chi connectivity index (χ1) is 9.10. The first kappa shape index (κ1) is 12.0. The van der Waals surface area contributed by atoms with Crippen LogP contribution in [0, 0.1) is 6.92 Å². The highest BCUT2D eigenvalue weighted by molar-refractivity contribution is 7.92. The summed E-state index contributed by atoms with van der Waals surface area (Å²) >= 11 is 0. The number of nitrogens with one attached hydrogen (secondary N) is 2. The second-order valence-electron chi connectivity index (χ2n) is 4.38. The third-order valence-corrected chi connectivity index (χ3v) is 5.08. The number of hydrogen-bond acceptors (Lipinski definition) is 4. The van der Waals surface area contributed by atoms with E-state index in [9.17, 15) is 8.42 Å². The van der Waals surface area contributed by atoms with Gasteiger partial charge in [0.15, 0.2) is 0 Å². The fraction of sp³-hybridized carbons (Fsp3) is 0.250. The van der Waals surface area contributed by atoms with Crippen LogP contribution in [0.3, 0.4) is 0 Å². The van der Waals surface area contributed by atoms with Crippen molar-refractivity contribution in [2.75, 3.05) is 22.7 Å². The lowest BCUT2D eigenvalue weighted by Gasteiger charge is -2.30. The Morgan fingerprint density at radius 3 is 2.84 bits per heavy atom. The number of anilines is 2. The van der Waals surface area contributed by atoms with E-state index < -0.39 is 10.0 Å². The first-order valence-corrected chi connectivity index (χ1v) is 7.40. The number of para-hydroxylation sites is 2. The first-order valence-electron chi connectivity index (χ1n) is 5.96. The Morgan fingerprint density at radius 2 is 2.11 bits per heavy atom. The molecule has 0 saturated heterocycles. The van der Waals surface area contributed by atoms with E-state index in [2.05, 4.69) is 15.5 Å². The maximum absolute atomic E-state index is 12.7. The van der Waals surface area contributed by atoms with Crippen molar-refractivity contribution in [2.45, 2.75) is 11.8 Å². The van der Waals surface area contributed by atoms with E-state index in [4.69, 9.17) is 0 Å². The second-order valence-corrected chi connectivity index (χ2v) is 6.21. The van der Waals surface area contributed by atoms with Crippen LogP contribution in [-0.4, -0.2) is 31.7 Å². The maximum Gasteiger partial charge on any atom is 0.267 e. The minimum atomic E-state index is -3.56. The van der Waals surface area contributed by atoms with Gasteiger partial charge >= 0.3 is 0 Å². The van der Waals surface area contributed by atoms with E-state index in [1.807, 2.05) is 18.2 Å². The number of sulfonamides is 1. The van der Waals surface area contributed by atoms with Crippen molar-refractivity contribution in [1.29, 1.82) is 0 Å².